The smallest absolute Gasteiger partial charge is 0.243 e. The van der Waals surface area contributed by atoms with Crippen molar-refractivity contribution in [2.24, 2.45) is 0 Å². The molecule has 1 unspecified atom stereocenters. The highest BCUT2D eigenvalue weighted by Crippen LogP contribution is 2.29. The first-order valence-corrected chi connectivity index (χ1v) is 9.17. The molecule has 6 nitrogen and oxygen atoms in total. The molecule has 1 aliphatic heterocycles. The zero-order valence-electron chi connectivity index (χ0n) is 15.4. The monoisotopic (exact) mass is 344 g/mol. The van der Waals surface area contributed by atoms with Gasteiger partial charge in [0.05, 0.1) is 18.8 Å². The highest BCUT2D eigenvalue weighted by molar-refractivity contribution is 5.58. The lowest BCUT2D eigenvalue weighted by molar-refractivity contribution is 0.164. The van der Waals surface area contributed by atoms with Gasteiger partial charge in [-0.2, -0.15) is 4.98 Å². The normalized spacial score (nSPS) is 16.8. The van der Waals surface area contributed by atoms with Crippen molar-refractivity contribution in [2.75, 3.05) is 38.2 Å². The van der Waals surface area contributed by atoms with Gasteiger partial charge in [-0.3, -0.25) is 4.90 Å². The van der Waals surface area contributed by atoms with E-state index in [4.69, 9.17) is 9.26 Å². The summed E-state index contributed by atoms with van der Waals surface area (Å²) in [5, 5.41) is 4.12. The Labute approximate surface area is 149 Å². The largest absolute Gasteiger partial charge is 0.495 e. The predicted octanol–water partition coefficient (Wildman–Crippen LogP) is 3.30. The van der Waals surface area contributed by atoms with Crippen LogP contribution >= 0.6 is 0 Å². The second kappa shape index (κ2) is 8.34. The van der Waals surface area contributed by atoms with Crippen molar-refractivity contribution in [1.29, 1.82) is 0 Å². The quantitative estimate of drug-likeness (QED) is 0.768. The van der Waals surface area contributed by atoms with Gasteiger partial charge in [0.25, 0.3) is 0 Å². The Morgan fingerprint density at radius 3 is 2.68 bits per heavy atom. The van der Waals surface area contributed by atoms with E-state index < -0.39 is 0 Å². The lowest BCUT2D eigenvalue weighted by Gasteiger charge is -2.38. The van der Waals surface area contributed by atoms with Crippen molar-refractivity contribution in [2.45, 2.75) is 39.2 Å². The first-order chi connectivity index (χ1) is 12.2. The Hall–Kier alpha value is -2.08. The Morgan fingerprint density at radius 1 is 1.20 bits per heavy atom. The summed E-state index contributed by atoms with van der Waals surface area (Å²) in [6, 6.07) is 8.36. The third-order valence-corrected chi connectivity index (χ3v) is 4.88. The number of anilines is 1. The molecule has 0 radical (unpaired) electrons. The first-order valence-electron chi connectivity index (χ1n) is 9.17. The van der Waals surface area contributed by atoms with Crippen molar-refractivity contribution in [3.8, 4) is 5.75 Å². The molecule has 2 heterocycles. The van der Waals surface area contributed by atoms with E-state index in [1.807, 2.05) is 12.1 Å². The number of para-hydroxylation sites is 2. The Balaban J connectivity index is 1.59. The Bertz CT molecular complexity index is 665. The van der Waals surface area contributed by atoms with Crippen LogP contribution in [0.3, 0.4) is 0 Å². The second-order valence-electron chi connectivity index (χ2n) is 6.52. The third-order valence-electron chi connectivity index (χ3n) is 4.88. The zero-order valence-corrected chi connectivity index (χ0v) is 15.4. The highest BCUT2D eigenvalue weighted by Gasteiger charge is 2.26. The number of piperazine rings is 1. The van der Waals surface area contributed by atoms with E-state index >= 15 is 0 Å². The lowest BCUT2D eigenvalue weighted by atomic mass is 10.2. The van der Waals surface area contributed by atoms with Crippen LogP contribution in [-0.2, 0) is 6.42 Å². The Kier molecular flexibility index (Phi) is 5.91. The molecule has 1 aliphatic rings. The maximum atomic E-state index is 5.49. The van der Waals surface area contributed by atoms with Crippen molar-refractivity contribution < 1.29 is 9.26 Å². The first kappa shape index (κ1) is 17.7. The number of aromatic nitrogens is 2. The topological polar surface area (TPSA) is 54.6 Å². The van der Waals surface area contributed by atoms with Crippen LogP contribution in [0.4, 0.5) is 5.69 Å². The molecule has 1 saturated heterocycles. The maximum absolute atomic E-state index is 5.49. The zero-order chi connectivity index (χ0) is 17.6. The van der Waals surface area contributed by atoms with Crippen molar-refractivity contribution >= 4 is 5.69 Å². The van der Waals surface area contributed by atoms with E-state index in [0.29, 0.717) is 0 Å². The van der Waals surface area contributed by atoms with Crippen LogP contribution in [0.25, 0.3) is 0 Å². The van der Waals surface area contributed by atoms with Crippen LogP contribution in [0.2, 0.25) is 0 Å². The summed E-state index contributed by atoms with van der Waals surface area (Å²) in [7, 11) is 1.73. The fourth-order valence-electron chi connectivity index (χ4n) is 3.27. The number of aryl methyl sites for hydroxylation is 1. The molecule has 3 rings (SSSR count). The average molecular weight is 344 g/mol. The molecule has 136 valence electrons. The van der Waals surface area contributed by atoms with E-state index in [9.17, 15) is 0 Å². The van der Waals surface area contributed by atoms with Gasteiger partial charge in [0.15, 0.2) is 5.82 Å². The molecule has 0 aliphatic carbocycles. The van der Waals surface area contributed by atoms with Gasteiger partial charge in [0.2, 0.25) is 5.89 Å². The predicted molar refractivity (Wildman–Crippen MR) is 98.1 cm³/mol. The molecule has 0 amide bonds. The number of benzene rings is 1. The van der Waals surface area contributed by atoms with Crippen LogP contribution in [-0.4, -0.2) is 48.3 Å². The minimum absolute atomic E-state index is 0.155. The van der Waals surface area contributed by atoms with Crippen molar-refractivity contribution in [3.05, 3.63) is 36.0 Å². The van der Waals surface area contributed by atoms with Gasteiger partial charge in [-0.1, -0.05) is 30.6 Å². The van der Waals surface area contributed by atoms with Gasteiger partial charge >= 0.3 is 0 Å². The van der Waals surface area contributed by atoms with Crippen LogP contribution in [0.5, 0.6) is 5.75 Å². The Morgan fingerprint density at radius 2 is 1.96 bits per heavy atom. The highest BCUT2D eigenvalue weighted by atomic mass is 16.5. The summed E-state index contributed by atoms with van der Waals surface area (Å²) in [5.41, 5.74) is 1.16. The number of unbranched alkanes of at least 4 members (excludes halogenated alkanes) is 1. The number of hydrogen-bond acceptors (Lipinski definition) is 6. The summed E-state index contributed by atoms with van der Waals surface area (Å²) in [5.74, 6) is 2.50. The molecule has 1 aromatic carbocycles. The third kappa shape index (κ3) is 4.12. The molecule has 2 aromatic rings. The molecule has 0 spiro atoms. The molecule has 6 heteroatoms. The summed E-state index contributed by atoms with van der Waals surface area (Å²) in [4.78, 5) is 9.36. The minimum Gasteiger partial charge on any atom is -0.495 e. The summed E-state index contributed by atoms with van der Waals surface area (Å²) >= 11 is 0. The lowest BCUT2D eigenvalue weighted by Crippen LogP contribution is -2.47. The fraction of sp³-hybridized carbons (Fsp3) is 0.579. The number of hydrogen-bond donors (Lipinski definition) is 0. The number of methoxy groups -OCH3 is 1. The van der Waals surface area contributed by atoms with Gasteiger partial charge in [-0.25, -0.2) is 0 Å². The van der Waals surface area contributed by atoms with E-state index in [1.165, 1.54) is 0 Å². The van der Waals surface area contributed by atoms with Crippen LogP contribution in [0.15, 0.2) is 28.8 Å². The fourth-order valence-corrected chi connectivity index (χ4v) is 3.27. The van der Waals surface area contributed by atoms with Gasteiger partial charge in [-0.05, 0) is 25.5 Å². The van der Waals surface area contributed by atoms with Crippen molar-refractivity contribution in [3.63, 3.8) is 0 Å². The average Bonchev–Trinajstić information content (AvgIpc) is 3.15. The molecular weight excluding hydrogens is 316 g/mol. The van der Waals surface area contributed by atoms with Gasteiger partial charge in [0.1, 0.15) is 5.75 Å². The van der Waals surface area contributed by atoms with E-state index in [0.717, 1.165) is 68.6 Å². The molecular formula is C19H28N4O2. The van der Waals surface area contributed by atoms with Crippen LogP contribution in [0, 0.1) is 0 Å². The summed E-state index contributed by atoms with van der Waals surface area (Å²) < 4.78 is 11.0. The number of ether oxygens (including phenoxy) is 1. The molecule has 1 fully saturated rings. The SMILES string of the molecule is CCCCc1noc(C(C)N2CCN(c3ccccc3OC)CC2)n1. The number of rotatable bonds is 7. The summed E-state index contributed by atoms with van der Waals surface area (Å²) in [6.45, 7) is 8.17. The molecule has 0 bridgehead atoms. The van der Waals surface area contributed by atoms with E-state index in [-0.39, 0.29) is 6.04 Å². The second-order valence-corrected chi connectivity index (χ2v) is 6.52. The molecule has 25 heavy (non-hydrogen) atoms. The van der Waals surface area contributed by atoms with Crippen LogP contribution in [0.1, 0.15) is 44.4 Å². The molecule has 1 atom stereocenters. The molecule has 0 N–H and O–H groups in total. The standard InChI is InChI=1S/C19H28N4O2/c1-4-5-10-18-20-19(25-21-18)15(2)22-11-13-23(14-12-22)16-8-6-7-9-17(16)24-3/h6-9,15H,4-5,10-14H2,1-3H3. The van der Waals surface area contributed by atoms with Gasteiger partial charge < -0.3 is 14.2 Å². The van der Waals surface area contributed by atoms with Crippen LogP contribution < -0.4 is 9.64 Å². The summed E-state index contributed by atoms with van der Waals surface area (Å²) in [6.07, 6.45) is 3.14. The maximum Gasteiger partial charge on any atom is 0.243 e. The minimum atomic E-state index is 0.155. The molecule has 1 aromatic heterocycles. The van der Waals surface area contributed by atoms with Crippen molar-refractivity contribution in [1.82, 2.24) is 15.0 Å². The molecule has 0 saturated carbocycles. The number of nitrogens with zero attached hydrogens (tertiary/aromatic N) is 4. The van der Waals surface area contributed by atoms with Gasteiger partial charge in [0, 0.05) is 32.6 Å². The van der Waals surface area contributed by atoms with Gasteiger partial charge in [-0.15, -0.1) is 0 Å². The van der Waals surface area contributed by atoms with E-state index in [1.54, 1.807) is 7.11 Å². The van der Waals surface area contributed by atoms with E-state index in [2.05, 4.69) is 45.9 Å².